The summed E-state index contributed by atoms with van der Waals surface area (Å²) in [5.74, 6) is 0. The van der Waals surface area contributed by atoms with Gasteiger partial charge in [-0.3, -0.25) is 0 Å². The number of rotatable bonds is 6. The van der Waals surface area contributed by atoms with E-state index in [-0.39, 0.29) is 6.42 Å². The van der Waals surface area contributed by atoms with Crippen molar-refractivity contribution in [1.82, 2.24) is 0 Å². The van der Waals surface area contributed by atoms with E-state index in [0.29, 0.717) is 6.29 Å². The second kappa shape index (κ2) is 10.5. The molecule has 0 spiro atoms. The highest BCUT2D eigenvalue weighted by Gasteiger charge is 2.13. The Morgan fingerprint density at radius 2 is 1.32 bits per heavy atom. The van der Waals surface area contributed by atoms with Gasteiger partial charge in [0.2, 0.25) is 0 Å². The fourth-order valence-electron chi connectivity index (χ4n) is 1.59. The van der Waals surface area contributed by atoms with Crippen LogP contribution < -0.4 is 5.32 Å². The summed E-state index contributed by atoms with van der Waals surface area (Å²) in [6.45, 7) is -0.519. The zero-order valence-electron chi connectivity index (χ0n) is 12.2. The third kappa shape index (κ3) is 6.99. The van der Waals surface area contributed by atoms with Crippen LogP contribution >= 0.6 is 0 Å². The minimum Gasteiger partial charge on any atom is -0.394 e. The topological polar surface area (TPSA) is 89.8 Å². The molecule has 5 nitrogen and oxygen atoms in total. The molecule has 2 rings (SSSR count). The van der Waals surface area contributed by atoms with Crippen molar-refractivity contribution in [3.63, 3.8) is 0 Å². The highest BCUT2D eigenvalue weighted by atomic mass is 16.4. The lowest BCUT2D eigenvalue weighted by atomic mass is 10.2. The standard InChI is InChI=1S/C12H11N.C5H10O4/c1-3-7-11(8-4-1)13-12-9-5-2-6-10-12;6-2-1-4(8)5(9)3-7/h1-10,13H;2,4-5,7-9H,1,3H2/t;4-,5+/m.0/s1. The van der Waals surface area contributed by atoms with Crippen LogP contribution in [0.5, 0.6) is 0 Å². The van der Waals surface area contributed by atoms with Crippen LogP contribution in [0.2, 0.25) is 0 Å². The van der Waals surface area contributed by atoms with E-state index in [1.165, 1.54) is 0 Å². The molecule has 118 valence electrons. The van der Waals surface area contributed by atoms with Gasteiger partial charge in [0.1, 0.15) is 12.4 Å². The quantitative estimate of drug-likeness (QED) is 0.610. The monoisotopic (exact) mass is 303 g/mol. The van der Waals surface area contributed by atoms with Crippen molar-refractivity contribution < 1.29 is 20.1 Å². The van der Waals surface area contributed by atoms with Crippen molar-refractivity contribution in [2.45, 2.75) is 18.6 Å². The first-order valence-electron chi connectivity index (χ1n) is 6.95. The summed E-state index contributed by atoms with van der Waals surface area (Å²) in [4.78, 5) is 9.68. The third-order valence-electron chi connectivity index (χ3n) is 2.81. The minimum absolute atomic E-state index is 0.137. The minimum atomic E-state index is -1.20. The molecule has 2 atom stereocenters. The molecule has 0 aliphatic rings. The lowest BCUT2D eigenvalue weighted by Gasteiger charge is -2.11. The van der Waals surface area contributed by atoms with Gasteiger partial charge in [0.25, 0.3) is 0 Å². The molecule has 0 aromatic heterocycles. The average molecular weight is 303 g/mol. The number of anilines is 2. The van der Waals surface area contributed by atoms with Crippen LogP contribution in [-0.4, -0.2) is 40.4 Å². The SMILES string of the molecule is O=CC[C@H](O)[C@H](O)CO.c1ccc(Nc2ccccc2)cc1. The molecule has 4 N–H and O–H groups in total. The highest BCUT2D eigenvalue weighted by molar-refractivity contribution is 5.58. The molecule has 0 heterocycles. The van der Waals surface area contributed by atoms with Gasteiger partial charge in [-0.15, -0.1) is 0 Å². The number of aldehydes is 1. The Balaban J connectivity index is 0.000000239. The van der Waals surface area contributed by atoms with Gasteiger partial charge in [-0.25, -0.2) is 0 Å². The lowest BCUT2D eigenvalue weighted by molar-refractivity contribution is -0.111. The van der Waals surface area contributed by atoms with Crippen LogP contribution in [0.3, 0.4) is 0 Å². The van der Waals surface area contributed by atoms with Crippen molar-refractivity contribution in [2.75, 3.05) is 11.9 Å². The summed E-state index contributed by atoms with van der Waals surface area (Å²) in [6, 6.07) is 20.3. The molecule has 0 fully saturated rings. The van der Waals surface area contributed by atoms with Gasteiger partial charge in [0, 0.05) is 17.8 Å². The van der Waals surface area contributed by atoms with Gasteiger partial charge in [-0.05, 0) is 24.3 Å². The molecule has 0 aliphatic heterocycles. The second-order valence-corrected chi connectivity index (χ2v) is 4.58. The van der Waals surface area contributed by atoms with Crippen molar-refractivity contribution in [1.29, 1.82) is 0 Å². The van der Waals surface area contributed by atoms with E-state index in [1.54, 1.807) is 0 Å². The Kier molecular flexibility index (Phi) is 8.52. The van der Waals surface area contributed by atoms with Crippen LogP contribution in [0.4, 0.5) is 11.4 Å². The highest BCUT2D eigenvalue weighted by Crippen LogP contribution is 2.14. The Morgan fingerprint density at radius 3 is 1.68 bits per heavy atom. The molecule has 5 heteroatoms. The molecule has 0 amide bonds. The molecule has 0 aliphatic carbocycles. The van der Waals surface area contributed by atoms with E-state index in [4.69, 9.17) is 15.3 Å². The van der Waals surface area contributed by atoms with Crippen LogP contribution in [0, 0.1) is 0 Å². The number of carbonyl (C=O) groups excluding carboxylic acids is 1. The molecule has 0 saturated carbocycles. The number of aliphatic hydroxyl groups is 3. The van der Waals surface area contributed by atoms with E-state index in [9.17, 15) is 4.79 Å². The smallest absolute Gasteiger partial charge is 0.122 e. The van der Waals surface area contributed by atoms with Gasteiger partial charge in [0.15, 0.2) is 0 Å². The van der Waals surface area contributed by atoms with Gasteiger partial charge < -0.3 is 25.4 Å². The molecule has 2 aromatic rings. The number of carbonyl (C=O) groups is 1. The van der Waals surface area contributed by atoms with Crippen molar-refractivity contribution in [2.24, 2.45) is 0 Å². The lowest BCUT2D eigenvalue weighted by Crippen LogP contribution is -2.29. The Hall–Kier alpha value is -2.21. The number of benzene rings is 2. The van der Waals surface area contributed by atoms with Crippen LogP contribution in [0.15, 0.2) is 60.7 Å². The maximum Gasteiger partial charge on any atom is 0.122 e. The van der Waals surface area contributed by atoms with E-state index < -0.39 is 18.8 Å². The molecule has 0 radical (unpaired) electrons. The zero-order chi connectivity index (χ0) is 16.2. The molecule has 0 unspecified atom stereocenters. The van der Waals surface area contributed by atoms with E-state index in [2.05, 4.69) is 5.32 Å². The Labute approximate surface area is 129 Å². The Morgan fingerprint density at radius 1 is 0.864 bits per heavy atom. The molecule has 0 saturated heterocycles. The van der Waals surface area contributed by atoms with Crippen molar-refractivity contribution >= 4 is 17.7 Å². The van der Waals surface area contributed by atoms with E-state index in [0.717, 1.165) is 11.4 Å². The van der Waals surface area contributed by atoms with E-state index >= 15 is 0 Å². The number of hydrogen-bond acceptors (Lipinski definition) is 5. The number of aliphatic hydroxyl groups excluding tert-OH is 3. The predicted octanol–water partition coefficient (Wildman–Crippen LogP) is 1.72. The maximum absolute atomic E-state index is 9.68. The summed E-state index contributed by atoms with van der Waals surface area (Å²) < 4.78 is 0. The third-order valence-corrected chi connectivity index (χ3v) is 2.81. The fourth-order valence-corrected chi connectivity index (χ4v) is 1.59. The van der Waals surface area contributed by atoms with Gasteiger partial charge in [-0.2, -0.15) is 0 Å². The summed E-state index contributed by atoms with van der Waals surface area (Å²) in [6.07, 6.45) is -1.98. The number of para-hydroxylation sites is 2. The second-order valence-electron chi connectivity index (χ2n) is 4.58. The van der Waals surface area contributed by atoms with Gasteiger partial charge in [-0.1, -0.05) is 36.4 Å². The fraction of sp³-hybridized carbons (Fsp3) is 0.235. The molecular formula is C17H21NO4. The maximum atomic E-state index is 9.68. The van der Waals surface area contributed by atoms with Crippen molar-refractivity contribution in [3.05, 3.63) is 60.7 Å². The predicted molar refractivity (Wildman–Crippen MR) is 85.9 cm³/mol. The molecule has 2 aromatic carbocycles. The molecular weight excluding hydrogens is 282 g/mol. The van der Waals surface area contributed by atoms with Crippen molar-refractivity contribution in [3.8, 4) is 0 Å². The summed E-state index contributed by atoms with van der Waals surface area (Å²) in [7, 11) is 0. The first-order chi connectivity index (χ1) is 10.7. The first-order valence-corrected chi connectivity index (χ1v) is 6.95. The average Bonchev–Trinajstić information content (AvgIpc) is 2.57. The largest absolute Gasteiger partial charge is 0.394 e. The van der Waals surface area contributed by atoms with Gasteiger partial charge >= 0.3 is 0 Å². The first kappa shape index (κ1) is 17.8. The zero-order valence-corrected chi connectivity index (χ0v) is 12.2. The van der Waals surface area contributed by atoms with Crippen LogP contribution in [0.1, 0.15) is 6.42 Å². The normalized spacial score (nSPS) is 12.5. The molecule has 0 bridgehead atoms. The van der Waals surface area contributed by atoms with Crippen LogP contribution in [-0.2, 0) is 4.79 Å². The summed E-state index contributed by atoms with van der Waals surface area (Å²) >= 11 is 0. The summed E-state index contributed by atoms with van der Waals surface area (Å²) in [5.41, 5.74) is 2.24. The number of hydrogen-bond donors (Lipinski definition) is 4. The van der Waals surface area contributed by atoms with Crippen LogP contribution in [0.25, 0.3) is 0 Å². The summed E-state index contributed by atoms with van der Waals surface area (Å²) in [5, 5.41) is 28.8. The molecule has 22 heavy (non-hydrogen) atoms. The number of nitrogens with one attached hydrogen (secondary N) is 1. The van der Waals surface area contributed by atoms with Gasteiger partial charge in [0.05, 0.1) is 12.7 Å². The van der Waals surface area contributed by atoms with E-state index in [1.807, 2.05) is 60.7 Å². The Bertz CT molecular complexity index is 481.